The second kappa shape index (κ2) is 4.85. The van der Waals surface area contributed by atoms with Gasteiger partial charge in [0.05, 0.1) is 12.8 Å². The van der Waals surface area contributed by atoms with Crippen molar-refractivity contribution in [1.29, 1.82) is 0 Å². The lowest BCUT2D eigenvalue weighted by atomic mass is 9.63. The Morgan fingerprint density at radius 2 is 1.44 bits per heavy atom. The van der Waals surface area contributed by atoms with Crippen LogP contribution in [0.25, 0.3) is 0 Å². The van der Waals surface area contributed by atoms with E-state index in [0.29, 0.717) is 11.8 Å². The van der Waals surface area contributed by atoms with Gasteiger partial charge in [0.15, 0.2) is 0 Å². The van der Waals surface area contributed by atoms with Crippen molar-refractivity contribution >= 4 is 11.9 Å². The average molecular weight is 228 g/mol. The Labute approximate surface area is 95.7 Å². The molecule has 0 spiro atoms. The van der Waals surface area contributed by atoms with Gasteiger partial charge in [0, 0.05) is 0 Å². The Kier molecular flexibility index (Phi) is 3.94. The monoisotopic (exact) mass is 228 g/mol. The van der Waals surface area contributed by atoms with E-state index in [1.807, 2.05) is 0 Å². The SMILES string of the molecule is C[C@@H]1C[C@H](C)CC(CC(=O)O)(CC(=O)O)C1. The molecule has 1 rings (SSSR count). The maximum Gasteiger partial charge on any atom is 0.303 e. The highest BCUT2D eigenvalue weighted by Crippen LogP contribution is 2.46. The zero-order valence-electron chi connectivity index (χ0n) is 9.90. The number of rotatable bonds is 4. The topological polar surface area (TPSA) is 74.6 Å². The molecule has 1 fully saturated rings. The van der Waals surface area contributed by atoms with Crippen LogP contribution < -0.4 is 0 Å². The first-order valence-corrected chi connectivity index (χ1v) is 5.76. The van der Waals surface area contributed by atoms with Gasteiger partial charge in [-0.2, -0.15) is 0 Å². The first-order chi connectivity index (χ1) is 7.33. The molecule has 0 unspecified atom stereocenters. The van der Waals surface area contributed by atoms with Crippen LogP contribution >= 0.6 is 0 Å². The van der Waals surface area contributed by atoms with E-state index in [4.69, 9.17) is 10.2 Å². The molecule has 0 amide bonds. The molecule has 0 aromatic carbocycles. The van der Waals surface area contributed by atoms with Crippen LogP contribution in [0.15, 0.2) is 0 Å². The van der Waals surface area contributed by atoms with Crippen LogP contribution in [0.5, 0.6) is 0 Å². The van der Waals surface area contributed by atoms with Gasteiger partial charge in [-0.15, -0.1) is 0 Å². The van der Waals surface area contributed by atoms with Crippen LogP contribution in [-0.2, 0) is 9.59 Å². The molecule has 1 aliphatic rings. The molecule has 2 N–H and O–H groups in total. The molecule has 0 bridgehead atoms. The summed E-state index contributed by atoms with van der Waals surface area (Å²) in [4.78, 5) is 21.7. The number of carboxylic acid groups (broad SMARTS) is 2. The van der Waals surface area contributed by atoms with Gasteiger partial charge in [-0.3, -0.25) is 9.59 Å². The third-order valence-electron chi connectivity index (χ3n) is 3.42. The third-order valence-corrected chi connectivity index (χ3v) is 3.42. The predicted molar refractivity (Wildman–Crippen MR) is 59.1 cm³/mol. The summed E-state index contributed by atoms with van der Waals surface area (Å²) in [6.45, 7) is 4.15. The molecule has 4 nitrogen and oxygen atoms in total. The van der Waals surface area contributed by atoms with Crippen molar-refractivity contribution in [3.63, 3.8) is 0 Å². The first-order valence-electron chi connectivity index (χ1n) is 5.76. The molecule has 92 valence electrons. The summed E-state index contributed by atoms with van der Waals surface area (Å²) < 4.78 is 0. The molecule has 4 heteroatoms. The van der Waals surface area contributed by atoms with Gasteiger partial charge < -0.3 is 10.2 Å². The quantitative estimate of drug-likeness (QED) is 0.774. The van der Waals surface area contributed by atoms with E-state index < -0.39 is 17.4 Å². The molecule has 0 aliphatic heterocycles. The highest BCUT2D eigenvalue weighted by atomic mass is 16.4. The van der Waals surface area contributed by atoms with E-state index in [1.165, 1.54) is 0 Å². The summed E-state index contributed by atoms with van der Waals surface area (Å²) in [5.41, 5.74) is -0.533. The van der Waals surface area contributed by atoms with Crippen LogP contribution in [0.1, 0.15) is 46.0 Å². The van der Waals surface area contributed by atoms with Gasteiger partial charge in [0.25, 0.3) is 0 Å². The fourth-order valence-corrected chi connectivity index (χ4v) is 3.41. The summed E-state index contributed by atoms with van der Waals surface area (Å²) in [5, 5.41) is 17.8. The van der Waals surface area contributed by atoms with Crippen LogP contribution in [-0.4, -0.2) is 22.2 Å². The zero-order chi connectivity index (χ0) is 12.3. The van der Waals surface area contributed by atoms with Gasteiger partial charge in [0.1, 0.15) is 0 Å². The number of carboxylic acids is 2. The van der Waals surface area contributed by atoms with Crippen molar-refractivity contribution in [3.8, 4) is 0 Å². The van der Waals surface area contributed by atoms with Crippen LogP contribution in [0.4, 0.5) is 0 Å². The molecule has 1 saturated carbocycles. The largest absolute Gasteiger partial charge is 0.481 e. The van der Waals surface area contributed by atoms with Crippen molar-refractivity contribution in [2.45, 2.75) is 46.0 Å². The molecule has 0 heterocycles. The zero-order valence-corrected chi connectivity index (χ0v) is 9.90. The molecule has 0 aromatic heterocycles. The van der Waals surface area contributed by atoms with Crippen molar-refractivity contribution in [3.05, 3.63) is 0 Å². The van der Waals surface area contributed by atoms with E-state index in [0.717, 1.165) is 19.3 Å². The maximum absolute atomic E-state index is 10.9. The fraction of sp³-hybridized carbons (Fsp3) is 0.833. The molecule has 16 heavy (non-hydrogen) atoms. The van der Waals surface area contributed by atoms with E-state index >= 15 is 0 Å². The minimum atomic E-state index is -0.887. The number of carbonyl (C=O) groups is 2. The standard InChI is InChI=1S/C12H20O4/c1-8-3-9(2)5-12(4-8,6-10(13)14)7-11(15)16/h8-9H,3-7H2,1-2H3,(H,13,14)(H,15,16)/t8-,9+. The van der Waals surface area contributed by atoms with E-state index in [2.05, 4.69) is 13.8 Å². The summed E-state index contributed by atoms with van der Waals surface area (Å²) in [6, 6.07) is 0. The smallest absolute Gasteiger partial charge is 0.303 e. The number of hydrogen-bond donors (Lipinski definition) is 2. The van der Waals surface area contributed by atoms with Crippen LogP contribution in [0.3, 0.4) is 0 Å². The van der Waals surface area contributed by atoms with Crippen molar-refractivity contribution < 1.29 is 19.8 Å². The molecule has 1 aliphatic carbocycles. The Balaban J connectivity index is 2.83. The van der Waals surface area contributed by atoms with E-state index in [1.54, 1.807) is 0 Å². The molecule has 0 radical (unpaired) electrons. The molecule has 0 aromatic rings. The van der Waals surface area contributed by atoms with Crippen molar-refractivity contribution in [2.75, 3.05) is 0 Å². The van der Waals surface area contributed by atoms with Crippen molar-refractivity contribution in [2.24, 2.45) is 17.3 Å². The minimum absolute atomic E-state index is 0.0199. The summed E-state index contributed by atoms with van der Waals surface area (Å²) in [5.74, 6) is -0.935. The fourth-order valence-electron chi connectivity index (χ4n) is 3.41. The summed E-state index contributed by atoms with van der Waals surface area (Å²) in [7, 11) is 0. The first kappa shape index (κ1) is 13.0. The third kappa shape index (κ3) is 3.51. The number of aliphatic carboxylic acids is 2. The lowest BCUT2D eigenvalue weighted by molar-refractivity contribution is -0.145. The Morgan fingerprint density at radius 1 is 1.06 bits per heavy atom. The van der Waals surface area contributed by atoms with Gasteiger partial charge in [-0.05, 0) is 36.5 Å². The highest BCUT2D eigenvalue weighted by molar-refractivity contribution is 5.72. The van der Waals surface area contributed by atoms with E-state index in [9.17, 15) is 9.59 Å². The molecular formula is C12H20O4. The minimum Gasteiger partial charge on any atom is -0.481 e. The number of hydrogen-bond acceptors (Lipinski definition) is 2. The molecule has 0 saturated heterocycles. The second-order valence-corrected chi connectivity index (χ2v) is 5.50. The Morgan fingerprint density at radius 3 is 1.75 bits per heavy atom. The lowest BCUT2D eigenvalue weighted by Gasteiger charge is -2.41. The van der Waals surface area contributed by atoms with Gasteiger partial charge in [-0.25, -0.2) is 0 Å². The maximum atomic E-state index is 10.9. The molecular weight excluding hydrogens is 208 g/mol. The molecule has 2 atom stereocenters. The Hall–Kier alpha value is -1.06. The second-order valence-electron chi connectivity index (χ2n) is 5.50. The normalized spacial score (nSPS) is 28.6. The van der Waals surface area contributed by atoms with Crippen molar-refractivity contribution in [1.82, 2.24) is 0 Å². The lowest BCUT2D eigenvalue weighted by Crippen LogP contribution is -2.35. The van der Waals surface area contributed by atoms with Gasteiger partial charge in [-0.1, -0.05) is 13.8 Å². The summed E-state index contributed by atoms with van der Waals surface area (Å²) in [6.07, 6.45) is 2.47. The van der Waals surface area contributed by atoms with Crippen LogP contribution in [0, 0.1) is 17.3 Å². The van der Waals surface area contributed by atoms with Gasteiger partial charge in [0.2, 0.25) is 0 Å². The summed E-state index contributed by atoms with van der Waals surface area (Å²) >= 11 is 0. The highest BCUT2D eigenvalue weighted by Gasteiger charge is 2.41. The Bertz CT molecular complexity index is 257. The van der Waals surface area contributed by atoms with Crippen LogP contribution in [0.2, 0.25) is 0 Å². The predicted octanol–water partition coefficient (Wildman–Crippen LogP) is 2.38. The average Bonchev–Trinajstić information content (AvgIpc) is 1.95. The van der Waals surface area contributed by atoms with E-state index in [-0.39, 0.29) is 12.8 Å². The van der Waals surface area contributed by atoms with Gasteiger partial charge >= 0.3 is 11.9 Å².